The van der Waals surface area contributed by atoms with E-state index in [0.29, 0.717) is 13.1 Å². The van der Waals surface area contributed by atoms with E-state index in [1.807, 2.05) is 5.38 Å². The minimum absolute atomic E-state index is 0.0441. The largest absolute Gasteiger partial charge is 0.410 e. The fourth-order valence-electron chi connectivity index (χ4n) is 3.47. The van der Waals surface area contributed by atoms with E-state index < -0.39 is 24.2 Å². The lowest BCUT2D eigenvalue weighted by atomic mass is 10.0. The van der Waals surface area contributed by atoms with Crippen LogP contribution in [0.2, 0.25) is 5.02 Å². The number of hydrogen-bond acceptors (Lipinski definition) is 4. The van der Waals surface area contributed by atoms with Gasteiger partial charge in [-0.1, -0.05) is 17.7 Å². The van der Waals surface area contributed by atoms with Crippen molar-refractivity contribution in [3.8, 4) is 0 Å². The number of hydrogen-bond donors (Lipinski definition) is 1. The second kappa shape index (κ2) is 6.45. The SMILES string of the molecule is O=C(c1nn2c(c1Cl)N[C@@H](c1cccs1)C[C@H]2C(F)(F)F)N1CCCC1. The van der Waals surface area contributed by atoms with Gasteiger partial charge in [0.05, 0.1) is 6.04 Å². The molecule has 4 rings (SSSR count). The normalized spacial score (nSPS) is 23.0. The molecule has 0 radical (unpaired) electrons. The van der Waals surface area contributed by atoms with Gasteiger partial charge in [-0.2, -0.15) is 18.3 Å². The van der Waals surface area contributed by atoms with Gasteiger partial charge in [0.1, 0.15) is 10.8 Å². The summed E-state index contributed by atoms with van der Waals surface area (Å²) in [4.78, 5) is 15.0. The summed E-state index contributed by atoms with van der Waals surface area (Å²) in [6.07, 6.45) is -2.94. The molecule has 0 spiro atoms. The average molecular weight is 405 g/mol. The van der Waals surface area contributed by atoms with E-state index >= 15 is 0 Å². The fraction of sp³-hybridized carbons (Fsp3) is 0.500. The summed E-state index contributed by atoms with van der Waals surface area (Å²) in [5.41, 5.74) is -0.114. The first kappa shape index (κ1) is 17.7. The number of nitrogens with one attached hydrogen (secondary N) is 1. The van der Waals surface area contributed by atoms with E-state index in [9.17, 15) is 18.0 Å². The number of carbonyl (C=O) groups excluding carboxylic acids is 1. The van der Waals surface area contributed by atoms with Gasteiger partial charge in [-0.3, -0.25) is 4.79 Å². The van der Waals surface area contributed by atoms with Crippen molar-refractivity contribution >= 4 is 34.7 Å². The molecule has 2 aromatic heterocycles. The summed E-state index contributed by atoms with van der Waals surface area (Å²) < 4.78 is 41.8. The number of alkyl halides is 3. The first-order valence-corrected chi connectivity index (χ1v) is 9.56. The van der Waals surface area contributed by atoms with Crippen LogP contribution in [0.25, 0.3) is 0 Å². The van der Waals surface area contributed by atoms with Crippen LogP contribution in [-0.2, 0) is 0 Å². The Kier molecular flexibility index (Phi) is 4.38. The number of aromatic nitrogens is 2. The molecule has 0 aromatic carbocycles. The summed E-state index contributed by atoms with van der Waals surface area (Å²) in [5.74, 6) is -0.356. The van der Waals surface area contributed by atoms with E-state index in [0.717, 1.165) is 22.4 Å². The Balaban J connectivity index is 1.74. The van der Waals surface area contributed by atoms with Crippen molar-refractivity contribution in [2.45, 2.75) is 37.5 Å². The average Bonchev–Trinajstić information content (AvgIpc) is 3.34. The zero-order valence-electron chi connectivity index (χ0n) is 13.6. The van der Waals surface area contributed by atoms with E-state index in [-0.39, 0.29) is 23.0 Å². The van der Waals surface area contributed by atoms with Crippen LogP contribution >= 0.6 is 22.9 Å². The molecule has 2 aliphatic heterocycles. The molecule has 5 nitrogen and oxygen atoms in total. The summed E-state index contributed by atoms with van der Waals surface area (Å²) in [6, 6.07) is 1.22. The number of carbonyl (C=O) groups is 1. The predicted octanol–water partition coefficient (Wildman–Crippen LogP) is 4.49. The molecular formula is C16H16ClF3N4OS. The van der Waals surface area contributed by atoms with Gasteiger partial charge in [-0.05, 0) is 24.3 Å². The maximum Gasteiger partial charge on any atom is 0.410 e. The summed E-state index contributed by atoms with van der Waals surface area (Å²) in [7, 11) is 0. The monoisotopic (exact) mass is 404 g/mol. The van der Waals surface area contributed by atoms with Crippen LogP contribution < -0.4 is 5.32 Å². The number of thiophene rings is 1. The Morgan fingerprint density at radius 3 is 2.69 bits per heavy atom. The highest BCUT2D eigenvalue weighted by atomic mass is 35.5. The molecule has 1 saturated heterocycles. The lowest BCUT2D eigenvalue weighted by molar-refractivity contribution is -0.173. The Labute approximate surface area is 156 Å². The Hall–Kier alpha value is -1.74. The molecule has 4 heterocycles. The van der Waals surface area contributed by atoms with E-state index in [1.165, 1.54) is 11.3 Å². The van der Waals surface area contributed by atoms with Gasteiger partial charge < -0.3 is 10.2 Å². The Morgan fingerprint density at radius 2 is 2.08 bits per heavy atom. The first-order chi connectivity index (χ1) is 12.4. The maximum absolute atomic E-state index is 13.7. The second-order valence-electron chi connectivity index (χ2n) is 6.46. The van der Waals surface area contributed by atoms with Crippen LogP contribution in [0.1, 0.15) is 46.7 Å². The molecule has 2 aromatic rings. The Morgan fingerprint density at radius 1 is 1.35 bits per heavy atom. The van der Waals surface area contributed by atoms with E-state index in [4.69, 9.17) is 11.6 Å². The van der Waals surface area contributed by atoms with E-state index in [1.54, 1.807) is 17.0 Å². The van der Waals surface area contributed by atoms with E-state index in [2.05, 4.69) is 10.4 Å². The van der Waals surface area contributed by atoms with Gasteiger partial charge in [0, 0.05) is 24.4 Å². The summed E-state index contributed by atoms with van der Waals surface area (Å²) in [6.45, 7) is 1.15. The third kappa shape index (κ3) is 2.96. The highest BCUT2D eigenvalue weighted by Crippen LogP contribution is 2.47. The van der Waals surface area contributed by atoms with Crippen molar-refractivity contribution in [2.24, 2.45) is 0 Å². The van der Waals surface area contributed by atoms with Gasteiger partial charge in [0.15, 0.2) is 11.7 Å². The van der Waals surface area contributed by atoms with Gasteiger partial charge in [-0.15, -0.1) is 11.3 Å². The minimum atomic E-state index is -4.49. The predicted molar refractivity (Wildman–Crippen MR) is 92.8 cm³/mol. The highest BCUT2D eigenvalue weighted by molar-refractivity contribution is 7.10. The topological polar surface area (TPSA) is 50.2 Å². The lowest BCUT2D eigenvalue weighted by Crippen LogP contribution is -2.35. The van der Waals surface area contributed by atoms with Gasteiger partial charge >= 0.3 is 6.18 Å². The molecule has 0 saturated carbocycles. The lowest BCUT2D eigenvalue weighted by Gasteiger charge is -2.32. The zero-order valence-corrected chi connectivity index (χ0v) is 15.2. The molecule has 10 heteroatoms. The van der Waals surface area contributed by atoms with Gasteiger partial charge in [-0.25, -0.2) is 4.68 Å². The van der Waals surface area contributed by atoms with Crippen LogP contribution in [-0.4, -0.2) is 39.9 Å². The van der Waals surface area contributed by atoms with Crippen LogP contribution in [0.4, 0.5) is 19.0 Å². The number of anilines is 1. The molecule has 1 fully saturated rings. The molecule has 1 N–H and O–H groups in total. The molecule has 0 unspecified atom stereocenters. The smallest absolute Gasteiger partial charge is 0.361 e. The number of halogens is 4. The molecule has 0 bridgehead atoms. The van der Waals surface area contributed by atoms with Crippen LogP contribution in [0.5, 0.6) is 0 Å². The molecule has 2 atom stereocenters. The minimum Gasteiger partial charge on any atom is -0.361 e. The van der Waals surface area contributed by atoms with Crippen molar-refractivity contribution < 1.29 is 18.0 Å². The van der Waals surface area contributed by atoms with Gasteiger partial charge in [0.25, 0.3) is 5.91 Å². The number of rotatable bonds is 2. The fourth-order valence-corrected chi connectivity index (χ4v) is 4.52. The third-order valence-corrected chi connectivity index (χ3v) is 6.12. The van der Waals surface area contributed by atoms with Gasteiger partial charge in [0.2, 0.25) is 0 Å². The van der Waals surface area contributed by atoms with Crippen molar-refractivity contribution in [1.29, 1.82) is 0 Å². The maximum atomic E-state index is 13.7. The number of fused-ring (bicyclic) bond motifs is 1. The van der Waals surface area contributed by atoms with Crippen molar-refractivity contribution in [3.63, 3.8) is 0 Å². The standard InChI is InChI=1S/C16H16ClF3N4OS/c17-12-13(15(25)23-5-1-2-6-23)22-24-11(16(18,19)20)8-9(21-14(12)24)10-4-3-7-26-10/h3-4,7,9,11,21H,1-2,5-6,8H2/t9-,11+/m1/s1. The molecule has 0 aliphatic carbocycles. The molecule has 140 valence electrons. The number of nitrogens with zero attached hydrogens (tertiary/aromatic N) is 3. The van der Waals surface area contributed by atoms with Crippen LogP contribution in [0.15, 0.2) is 17.5 Å². The highest BCUT2D eigenvalue weighted by Gasteiger charge is 2.48. The van der Waals surface area contributed by atoms with Crippen LogP contribution in [0, 0.1) is 0 Å². The number of likely N-dealkylation sites (tertiary alicyclic amines) is 1. The van der Waals surface area contributed by atoms with Crippen molar-refractivity contribution in [1.82, 2.24) is 14.7 Å². The summed E-state index contributed by atoms with van der Waals surface area (Å²) in [5, 5.41) is 8.79. The zero-order chi connectivity index (χ0) is 18.5. The molecule has 2 aliphatic rings. The molecule has 26 heavy (non-hydrogen) atoms. The molecular weight excluding hydrogens is 389 g/mol. The second-order valence-corrected chi connectivity index (χ2v) is 7.82. The first-order valence-electron chi connectivity index (χ1n) is 8.30. The van der Waals surface area contributed by atoms with Crippen molar-refractivity contribution in [3.05, 3.63) is 33.1 Å². The summed E-state index contributed by atoms with van der Waals surface area (Å²) >= 11 is 7.68. The Bertz CT molecular complexity index is 814. The molecule has 1 amide bonds. The van der Waals surface area contributed by atoms with Crippen molar-refractivity contribution in [2.75, 3.05) is 18.4 Å². The number of amides is 1. The third-order valence-electron chi connectivity index (χ3n) is 4.78. The quantitative estimate of drug-likeness (QED) is 0.802. The van der Waals surface area contributed by atoms with Crippen LogP contribution in [0.3, 0.4) is 0 Å².